The van der Waals surface area contributed by atoms with E-state index >= 15 is 0 Å². The second-order valence-electron chi connectivity index (χ2n) is 10.4. The molecule has 1 aliphatic rings. The van der Waals surface area contributed by atoms with E-state index in [-0.39, 0.29) is 18.4 Å². The standard InChI is InChI=1S/C35H37N3O4/c1-26-35(24-27-12-5-2-6-13-27,37-33(42-26)30-18-20-31(21-19-30)41-23-11-22-39)34(40)38-36-25-32(28-14-7-3-8-15-28)29-16-9-4-10-17-29/h2-10,12-21,26,32,36,39H,11,22-25H2,1H3,(H,38,40)/t26-,35-/m0/s1. The maximum Gasteiger partial charge on any atom is 0.266 e. The number of carbonyl (C=O) groups is 1. The van der Waals surface area contributed by atoms with Gasteiger partial charge in [0.15, 0.2) is 5.54 Å². The van der Waals surface area contributed by atoms with E-state index in [1.165, 1.54) is 0 Å². The molecule has 7 heteroatoms. The van der Waals surface area contributed by atoms with Gasteiger partial charge in [-0.3, -0.25) is 10.2 Å². The number of carbonyl (C=O) groups excluding carboxylic acids is 1. The molecule has 5 rings (SSSR count). The lowest BCUT2D eigenvalue weighted by Gasteiger charge is -2.29. The Labute approximate surface area is 247 Å². The van der Waals surface area contributed by atoms with Crippen molar-refractivity contribution in [2.45, 2.75) is 37.3 Å². The van der Waals surface area contributed by atoms with Crippen molar-refractivity contribution in [2.24, 2.45) is 4.99 Å². The predicted octanol–water partition coefficient (Wildman–Crippen LogP) is 5.05. The van der Waals surface area contributed by atoms with Gasteiger partial charge < -0.3 is 14.6 Å². The monoisotopic (exact) mass is 563 g/mol. The number of aliphatic hydroxyl groups excluding tert-OH is 1. The van der Waals surface area contributed by atoms with Gasteiger partial charge in [0, 0.05) is 37.5 Å². The summed E-state index contributed by atoms with van der Waals surface area (Å²) in [6.07, 6.45) is 0.446. The highest BCUT2D eigenvalue weighted by Gasteiger charge is 2.50. The Morgan fingerprint density at radius 2 is 1.50 bits per heavy atom. The van der Waals surface area contributed by atoms with Crippen LogP contribution in [-0.4, -0.2) is 48.3 Å². The summed E-state index contributed by atoms with van der Waals surface area (Å²) in [5, 5.41) is 8.99. The van der Waals surface area contributed by atoms with Crippen LogP contribution < -0.4 is 15.6 Å². The Balaban J connectivity index is 1.36. The second kappa shape index (κ2) is 13.9. The van der Waals surface area contributed by atoms with Gasteiger partial charge in [-0.25, -0.2) is 10.4 Å². The molecule has 1 aliphatic heterocycles. The minimum absolute atomic E-state index is 0.0483. The van der Waals surface area contributed by atoms with Gasteiger partial charge in [0.2, 0.25) is 5.90 Å². The molecule has 0 saturated heterocycles. The van der Waals surface area contributed by atoms with Crippen LogP contribution >= 0.6 is 0 Å². The number of amides is 1. The zero-order valence-corrected chi connectivity index (χ0v) is 23.8. The maximum absolute atomic E-state index is 14.0. The summed E-state index contributed by atoms with van der Waals surface area (Å²) in [5.74, 6) is 0.912. The Bertz CT molecular complexity index is 1410. The van der Waals surface area contributed by atoms with Crippen LogP contribution in [0, 0.1) is 0 Å². The minimum atomic E-state index is -1.17. The van der Waals surface area contributed by atoms with Crippen LogP contribution in [0.2, 0.25) is 0 Å². The summed E-state index contributed by atoms with van der Waals surface area (Å²) in [6.45, 7) is 2.92. The largest absolute Gasteiger partial charge is 0.494 e. The first-order chi connectivity index (χ1) is 20.6. The molecule has 4 aromatic carbocycles. The molecule has 3 N–H and O–H groups in total. The van der Waals surface area contributed by atoms with Gasteiger partial charge in [0.05, 0.1) is 6.61 Å². The fraction of sp³-hybridized carbons (Fsp3) is 0.257. The Hall–Kier alpha value is -4.46. The van der Waals surface area contributed by atoms with Crippen LogP contribution in [0.25, 0.3) is 0 Å². The number of nitrogens with one attached hydrogen (secondary N) is 2. The number of rotatable bonds is 13. The molecule has 216 valence electrons. The highest BCUT2D eigenvalue weighted by atomic mass is 16.5. The zero-order chi connectivity index (χ0) is 29.2. The smallest absolute Gasteiger partial charge is 0.266 e. The molecular formula is C35H37N3O4. The number of nitrogens with zero attached hydrogens (tertiary/aromatic N) is 1. The molecule has 2 atom stereocenters. The average Bonchev–Trinajstić information content (AvgIpc) is 3.37. The molecule has 0 bridgehead atoms. The van der Waals surface area contributed by atoms with Crippen molar-refractivity contribution >= 4 is 11.8 Å². The molecule has 1 heterocycles. The normalized spacial score (nSPS) is 17.9. The van der Waals surface area contributed by atoms with E-state index < -0.39 is 11.6 Å². The van der Waals surface area contributed by atoms with Gasteiger partial charge >= 0.3 is 0 Å². The van der Waals surface area contributed by atoms with E-state index in [4.69, 9.17) is 19.6 Å². The molecule has 0 spiro atoms. The van der Waals surface area contributed by atoms with Crippen molar-refractivity contribution in [2.75, 3.05) is 19.8 Å². The fourth-order valence-corrected chi connectivity index (χ4v) is 5.19. The minimum Gasteiger partial charge on any atom is -0.494 e. The Morgan fingerprint density at radius 1 is 0.905 bits per heavy atom. The van der Waals surface area contributed by atoms with Crippen LogP contribution in [-0.2, 0) is 16.0 Å². The molecule has 0 unspecified atom stereocenters. The lowest BCUT2D eigenvalue weighted by molar-refractivity contribution is -0.129. The SMILES string of the molecule is C[C@@H]1OC(c2ccc(OCCCO)cc2)=N[C@]1(Cc1ccccc1)C(=O)NNCC(c1ccccc1)c1ccccc1. The van der Waals surface area contributed by atoms with Crippen LogP contribution in [0.1, 0.15) is 41.5 Å². The van der Waals surface area contributed by atoms with E-state index in [9.17, 15) is 4.79 Å². The Kier molecular flexibility index (Phi) is 9.64. The summed E-state index contributed by atoms with van der Waals surface area (Å²) in [5.41, 5.74) is 9.10. The average molecular weight is 564 g/mol. The number of hydrogen-bond donors (Lipinski definition) is 3. The van der Waals surface area contributed by atoms with Crippen molar-refractivity contribution in [1.29, 1.82) is 0 Å². The molecule has 4 aromatic rings. The molecule has 0 saturated carbocycles. The van der Waals surface area contributed by atoms with Crippen LogP contribution in [0.15, 0.2) is 120 Å². The number of hydrogen-bond acceptors (Lipinski definition) is 6. The van der Waals surface area contributed by atoms with Gasteiger partial charge in [-0.1, -0.05) is 91.0 Å². The quantitative estimate of drug-likeness (QED) is 0.157. The van der Waals surface area contributed by atoms with Crippen molar-refractivity contribution in [3.63, 3.8) is 0 Å². The highest BCUT2D eigenvalue weighted by Crippen LogP contribution is 2.33. The third kappa shape index (κ3) is 6.87. The molecule has 42 heavy (non-hydrogen) atoms. The highest BCUT2D eigenvalue weighted by molar-refractivity contribution is 6.00. The summed E-state index contributed by atoms with van der Waals surface area (Å²) in [6, 6.07) is 37.8. The second-order valence-corrected chi connectivity index (χ2v) is 10.4. The topological polar surface area (TPSA) is 92.2 Å². The van der Waals surface area contributed by atoms with Gasteiger partial charge in [-0.05, 0) is 47.9 Å². The van der Waals surface area contributed by atoms with Crippen LogP contribution in [0.5, 0.6) is 5.75 Å². The first-order valence-corrected chi connectivity index (χ1v) is 14.4. The van der Waals surface area contributed by atoms with Gasteiger partial charge in [0.1, 0.15) is 11.9 Å². The van der Waals surface area contributed by atoms with Crippen LogP contribution in [0.3, 0.4) is 0 Å². The van der Waals surface area contributed by atoms with E-state index in [2.05, 4.69) is 35.1 Å². The lowest BCUT2D eigenvalue weighted by Crippen LogP contribution is -2.56. The fourth-order valence-electron chi connectivity index (χ4n) is 5.19. The molecule has 0 aliphatic carbocycles. The molecule has 7 nitrogen and oxygen atoms in total. The van der Waals surface area contributed by atoms with E-state index in [1.54, 1.807) is 0 Å². The third-order valence-electron chi connectivity index (χ3n) is 7.56. The number of hydrazine groups is 1. The molecule has 0 aromatic heterocycles. The molecular weight excluding hydrogens is 526 g/mol. The summed E-state index contributed by atoms with van der Waals surface area (Å²) < 4.78 is 11.9. The number of aliphatic hydroxyl groups is 1. The number of benzene rings is 4. The summed E-state index contributed by atoms with van der Waals surface area (Å²) in [4.78, 5) is 19.0. The molecule has 0 fully saturated rings. The number of ether oxygens (including phenoxy) is 2. The third-order valence-corrected chi connectivity index (χ3v) is 7.56. The van der Waals surface area contributed by atoms with E-state index in [1.807, 2.05) is 97.9 Å². The Morgan fingerprint density at radius 3 is 2.10 bits per heavy atom. The van der Waals surface area contributed by atoms with Crippen molar-refractivity contribution in [3.05, 3.63) is 138 Å². The predicted molar refractivity (Wildman–Crippen MR) is 164 cm³/mol. The first-order valence-electron chi connectivity index (χ1n) is 14.4. The van der Waals surface area contributed by atoms with Gasteiger partial charge in [-0.2, -0.15) is 0 Å². The summed E-state index contributed by atoms with van der Waals surface area (Å²) >= 11 is 0. The zero-order valence-electron chi connectivity index (χ0n) is 23.8. The van der Waals surface area contributed by atoms with Crippen LogP contribution in [0.4, 0.5) is 0 Å². The first kappa shape index (κ1) is 29.0. The lowest BCUT2D eigenvalue weighted by atomic mass is 9.86. The summed E-state index contributed by atoms with van der Waals surface area (Å²) in [7, 11) is 0. The van der Waals surface area contributed by atoms with Crippen molar-refractivity contribution in [1.82, 2.24) is 10.9 Å². The van der Waals surface area contributed by atoms with Gasteiger partial charge in [0.25, 0.3) is 5.91 Å². The molecule has 1 amide bonds. The van der Waals surface area contributed by atoms with Crippen molar-refractivity contribution < 1.29 is 19.4 Å². The van der Waals surface area contributed by atoms with Gasteiger partial charge in [-0.15, -0.1) is 0 Å². The number of aliphatic imine (C=N–C) groups is 1. The van der Waals surface area contributed by atoms with Crippen molar-refractivity contribution in [3.8, 4) is 5.75 Å². The van der Waals surface area contributed by atoms with E-state index in [0.717, 1.165) is 22.3 Å². The molecule has 0 radical (unpaired) electrons. The maximum atomic E-state index is 14.0. The van der Waals surface area contributed by atoms with E-state index in [0.29, 0.717) is 37.6 Å².